The van der Waals surface area contributed by atoms with Gasteiger partial charge in [-0.1, -0.05) is 31.7 Å². The van der Waals surface area contributed by atoms with Gasteiger partial charge in [-0.05, 0) is 48.6 Å². The molecule has 2 rings (SSSR count). The van der Waals surface area contributed by atoms with Gasteiger partial charge >= 0.3 is 0 Å². The highest BCUT2D eigenvalue weighted by molar-refractivity contribution is 5.38. The number of aliphatic hydroxyl groups is 1. The maximum Gasteiger partial charge on any atom is 0.250 e. The molecule has 1 heterocycles. The molecule has 0 aliphatic carbocycles. The van der Waals surface area contributed by atoms with Crippen LogP contribution >= 0.6 is 0 Å². The van der Waals surface area contributed by atoms with Crippen LogP contribution in [0.4, 0.5) is 0 Å². The van der Waals surface area contributed by atoms with Crippen molar-refractivity contribution in [3.8, 4) is 0 Å². The Balaban J connectivity index is 2.45. The molecular formula is C22H29NO3. The van der Waals surface area contributed by atoms with E-state index >= 15 is 0 Å². The van der Waals surface area contributed by atoms with Crippen molar-refractivity contribution in [3.05, 3.63) is 81.5 Å². The van der Waals surface area contributed by atoms with E-state index in [0.717, 1.165) is 28.7 Å². The molecule has 0 aliphatic heterocycles. The molecule has 0 saturated heterocycles. The average Bonchev–Trinajstić information content (AvgIpc) is 2.62. The van der Waals surface area contributed by atoms with Gasteiger partial charge in [-0.2, -0.15) is 0 Å². The zero-order valence-corrected chi connectivity index (χ0v) is 16.0. The molecule has 1 aromatic carbocycles. The highest BCUT2D eigenvalue weighted by Crippen LogP contribution is 2.31. The first-order valence-corrected chi connectivity index (χ1v) is 9.21. The van der Waals surface area contributed by atoms with Crippen molar-refractivity contribution in [2.75, 3.05) is 6.61 Å². The Kier molecular flexibility index (Phi) is 7.22. The number of hydrogen-bond donors (Lipinski definition) is 1. The van der Waals surface area contributed by atoms with E-state index in [1.165, 1.54) is 0 Å². The van der Waals surface area contributed by atoms with E-state index in [0.29, 0.717) is 25.3 Å². The van der Waals surface area contributed by atoms with Gasteiger partial charge in [-0.3, -0.25) is 4.79 Å². The molecule has 0 radical (unpaired) electrons. The minimum atomic E-state index is -0.0380. The summed E-state index contributed by atoms with van der Waals surface area (Å²) in [6.07, 6.45) is 3.37. The fraction of sp³-hybridized carbons (Fsp3) is 0.409. The van der Waals surface area contributed by atoms with Crippen LogP contribution in [0, 0.1) is 6.92 Å². The van der Waals surface area contributed by atoms with E-state index in [2.05, 4.69) is 19.6 Å². The van der Waals surface area contributed by atoms with Crippen LogP contribution in [0.1, 0.15) is 54.9 Å². The molecule has 1 unspecified atom stereocenters. The number of ether oxygens (including phenoxy) is 1. The normalized spacial score (nSPS) is 12.0. The van der Waals surface area contributed by atoms with Gasteiger partial charge in [-0.15, -0.1) is 0 Å². The molecule has 1 aromatic heterocycles. The third-order valence-electron chi connectivity index (χ3n) is 4.61. The number of rotatable bonds is 9. The Hall–Kier alpha value is -2.33. The first-order valence-electron chi connectivity index (χ1n) is 9.21. The molecule has 26 heavy (non-hydrogen) atoms. The monoisotopic (exact) mass is 355 g/mol. The minimum absolute atomic E-state index is 0.00308. The van der Waals surface area contributed by atoms with Crippen LogP contribution in [0.3, 0.4) is 0 Å². The lowest BCUT2D eigenvalue weighted by molar-refractivity contribution is 0.217. The molecule has 0 saturated carbocycles. The SMILES string of the molecule is C=C(CC(c1ccc(C)c(CO)c1)c1ccn(CCC)c(=O)c1)OCC. The maximum absolute atomic E-state index is 12.4. The van der Waals surface area contributed by atoms with Gasteiger partial charge < -0.3 is 14.4 Å². The predicted molar refractivity (Wildman–Crippen MR) is 105 cm³/mol. The van der Waals surface area contributed by atoms with Crippen LogP contribution in [-0.2, 0) is 17.9 Å². The van der Waals surface area contributed by atoms with Gasteiger partial charge in [-0.25, -0.2) is 0 Å². The van der Waals surface area contributed by atoms with Crippen molar-refractivity contribution in [1.29, 1.82) is 0 Å². The lowest BCUT2D eigenvalue weighted by Gasteiger charge is -2.21. The number of pyridine rings is 1. The van der Waals surface area contributed by atoms with Gasteiger partial charge in [0.25, 0.3) is 5.56 Å². The number of hydrogen-bond acceptors (Lipinski definition) is 3. The molecule has 0 aliphatic rings. The van der Waals surface area contributed by atoms with Crippen LogP contribution in [-0.4, -0.2) is 16.3 Å². The van der Waals surface area contributed by atoms with Gasteiger partial charge in [0.15, 0.2) is 0 Å². The first kappa shape index (κ1) is 20.0. The molecule has 4 heteroatoms. The van der Waals surface area contributed by atoms with Gasteiger partial charge in [0.05, 0.1) is 19.0 Å². The highest BCUT2D eigenvalue weighted by Gasteiger charge is 2.18. The van der Waals surface area contributed by atoms with E-state index in [1.54, 1.807) is 10.6 Å². The second kappa shape index (κ2) is 9.39. The zero-order chi connectivity index (χ0) is 19.1. The van der Waals surface area contributed by atoms with Crippen molar-refractivity contribution in [3.63, 3.8) is 0 Å². The lowest BCUT2D eigenvalue weighted by atomic mass is 9.87. The van der Waals surface area contributed by atoms with Crippen LogP contribution in [0.25, 0.3) is 0 Å². The largest absolute Gasteiger partial charge is 0.499 e. The number of aryl methyl sites for hydroxylation is 2. The lowest BCUT2D eigenvalue weighted by Crippen LogP contribution is -2.20. The molecule has 140 valence electrons. The number of aliphatic hydroxyl groups excluding tert-OH is 1. The third-order valence-corrected chi connectivity index (χ3v) is 4.61. The molecular weight excluding hydrogens is 326 g/mol. The van der Waals surface area contributed by atoms with Crippen molar-refractivity contribution >= 4 is 0 Å². The number of benzene rings is 1. The Labute approximate surface area is 155 Å². The Morgan fingerprint density at radius 2 is 1.96 bits per heavy atom. The van der Waals surface area contributed by atoms with Crippen molar-refractivity contribution in [2.24, 2.45) is 0 Å². The Bertz CT molecular complexity index is 807. The van der Waals surface area contributed by atoms with E-state index in [9.17, 15) is 9.90 Å². The number of allylic oxidation sites excluding steroid dienone is 1. The highest BCUT2D eigenvalue weighted by atomic mass is 16.5. The topological polar surface area (TPSA) is 51.5 Å². The third kappa shape index (κ3) is 4.85. The molecule has 0 spiro atoms. The summed E-state index contributed by atoms with van der Waals surface area (Å²) in [4.78, 5) is 12.4. The summed E-state index contributed by atoms with van der Waals surface area (Å²) < 4.78 is 7.29. The van der Waals surface area contributed by atoms with Crippen LogP contribution in [0.15, 0.2) is 53.7 Å². The summed E-state index contributed by atoms with van der Waals surface area (Å²) in [6, 6.07) is 9.78. The molecule has 4 nitrogen and oxygen atoms in total. The smallest absolute Gasteiger partial charge is 0.250 e. The molecule has 2 aromatic rings. The summed E-state index contributed by atoms with van der Waals surface area (Å²) in [5.74, 6) is 0.658. The van der Waals surface area contributed by atoms with Gasteiger partial charge in [0, 0.05) is 31.1 Å². The van der Waals surface area contributed by atoms with Crippen molar-refractivity contribution < 1.29 is 9.84 Å². The molecule has 1 atom stereocenters. The summed E-state index contributed by atoms with van der Waals surface area (Å²) in [5, 5.41) is 9.61. The average molecular weight is 355 g/mol. The first-order chi connectivity index (χ1) is 12.5. The van der Waals surface area contributed by atoms with E-state index in [1.807, 2.05) is 38.2 Å². The molecule has 0 bridgehead atoms. The Morgan fingerprint density at radius 3 is 2.58 bits per heavy atom. The summed E-state index contributed by atoms with van der Waals surface area (Å²) in [5.41, 5.74) is 3.95. The Morgan fingerprint density at radius 1 is 1.23 bits per heavy atom. The fourth-order valence-corrected chi connectivity index (χ4v) is 3.16. The summed E-state index contributed by atoms with van der Waals surface area (Å²) >= 11 is 0. The second-order valence-corrected chi connectivity index (χ2v) is 6.56. The molecule has 0 amide bonds. The summed E-state index contributed by atoms with van der Waals surface area (Å²) in [6.45, 7) is 11.3. The molecule has 0 fully saturated rings. The van der Waals surface area contributed by atoms with Crippen molar-refractivity contribution in [1.82, 2.24) is 4.57 Å². The van der Waals surface area contributed by atoms with Gasteiger partial charge in [0.1, 0.15) is 0 Å². The van der Waals surface area contributed by atoms with Crippen LogP contribution in [0.2, 0.25) is 0 Å². The maximum atomic E-state index is 12.4. The van der Waals surface area contributed by atoms with Crippen LogP contribution in [0.5, 0.6) is 0 Å². The number of nitrogens with zero attached hydrogens (tertiary/aromatic N) is 1. The standard InChI is InChI=1S/C22H29NO3/c1-5-10-23-11-9-19(14-22(23)25)21(12-17(4)26-6-2)18-8-7-16(3)20(13-18)15-24/h7-9,11,13-14,21,24H,4-6,10,12,15H2,1-3H3. The fourth-order valence-electron chi connectivity index (χ4n) is 3.16. The quantitative estimate of drug-likeness (QED) is 0.688. The minimum Gasteiger partial charge on any atom is -0.499 e. The molecule has 1 N–H and O–H groups in total. The van der Waals surface area contributed by atoms with E-state index < -0.39 is 0 Å². The van der Waals surface area contributed by atoms with E-state index in [4.69, 9.17) is 4.74 Å². The van der Waals surface area contributed by atoms with Crippen LogP contribution < -0.4 is 5.56 Å². The number of aromatic nitrogens is 1. The van der Waals surface area contributed by atoms with Gasteiger partial charge in [0.2, 0.25) is 0 Å². The van der Waals surface area contributed by atoms with E-state index in [-0.39, 0.29) is 18.1 Å². The van der Waals surface area contributed by atoms with Crippen molar-refractivity contribution in [2.45, 2.75) is 52.7 Å². The second-order valence-electron chi connectivity index (χ2n) is 6.56. The summed E-state index contributed by atoms with van der Waals surface area (Å²) in [7, 11) is 0. The predicted octanol–water partition coefficient (Wildman–Crippen LogP) is 4.13. The zero-order valence-electron chi connectivity index (χ0n) is 16.0.